The minimum Gasteiger partial charge on any atom is -0.327 e. The Hall–Kier alpha value is -3.51. The van der Waals surface area contributed by atoms with Gasteiger partial charge in [-0.1, -0.05) is 42.5 Å². The van der Waals surface area contributed by atoms with E-state index in [1.165, 1.54) is 0 Å². The van der Waals surface area contributed by atoms with E-state index in [0.717, 1.165) is 37.6 Å². The molecular weight excluding hydrogens is 368 g/mol. The molecule has 0 saturated heterocycles. The number of thiazole rings is 1. The molecule has 0 aliphatic carbocycles. The molecule has 5 rings (SSSR count). The number of pyridine rings is 1. The van der Waals surface area contributed by atoms with E-state index >= 15 is 0 Å². The summed E-state index contributed by atoms with van der Waals surface area (Å²) < 4.78 is 1.11. The molecule has 0 radical (unpaired) electrons. The van der Waals surface area contributed by atoms with Crippen LogP contribution in [-0.2, 0) is 0 Å². The standard InChI is InChI=1S/C22H16N4OS/c27-22-25-19(14-6-2-1-3-7-14)18(20(26-22)15-10-12-23-13-11-15)21-24-16-8-4-5-9-17(16)28-21/h1-13,19H,(H2,25,26,27). The van der Waals surface area contributed by atoms with Gasteiger partial charge in [0.2, 0.25) is 0 Å². The van der Waals surface area contributed by atoms with Gasteiger partial charge in [0.25, 0.3) is 0 Å². The minimum absolute atomic E-state index is 0.231. The largest absolute Gasteiger partial charge is 0.327 e. The summed E-state index contributed by atoms with van der Waals surface area (Å²) in [7, 11) is 0. The average molecular weight is 384 g/mol. The number of benzene rings is 2. The molecule has 1 aliphatic heterocycles. The van der Waals surface area contributed by atoms with Gasteiger partial charge >= 0.3 is 6.03 Å². The first kappa shape index (κ1) is 16.6. The van der Waals surface area contributed by atoms with Crippen LogP contribution in [0.1, 0.15) is 22.2 Å². The average Bonchev–Trinajstić information content (AvgIpc) is 3.18. The van der Waals surface area contributed by atoms with E-state index in [2.05, 4.69) is 21.7 Å². The Bertz CT molecular complexity index is 1150. The number of carbonyl (C=O) groups excluding carboxylic acids is 1. The molecule has 1 atom stereocenters. The zero-order valence-electron chi connectivity index (χ0n) is 14.8. The summed E-state index contributed by atoms with van der Waals surface area (Å²) in [6.45, 7) is 0. The second-order valence-electron chi connectivity index (χ2n) is 6.45. The van der Waals surface area contributed by atoms with Gasteiger partial charge in [0.15, 0.2) is 0 Å². The summed E-state index contributed by atoms with van der Waals surface area (Å²) in [6.07, 6.45) is 3.45. The third kappa shape index (κ3) is 2.93. The van der Waals surface area contributed by atoms with E-state index in [-0.39, 0.29) is 12.1 Å². The predicted molar refractivity (Wildman–Crippen MR) is 112 cm³/mol. The smallest absolute Gasteiger partial charge is 0.320 e. The van der Waals surface area contributed by atoms with Gasteiger partial charge in [0.1, 0.15) is 5.01 Å². The maximum absolute atomic E-state index is 12.5. The molecular formula is C22H16N4OS. The highest BCUT2D eigenvalue weighted by Crippen LogP contribution is 2.40. The number of fused-ring (bicyclic) bond motifs is 1. The van der Waals surface area contributed by atoms with Crippen LogP contribution in [0.25, 0.3) is 21.5 Å². The number of nitrogens with zero attached hydrogens (tertiary/aromatic N) is 2. The number of amides is 2. The van der Waals surface area contributed by atoms with Gasteiger partial charge < -0.3 is 10.6 Å². The number of aromatic nitrogens is 2. The lowest BCUT2D eigenvalue weighted by Crippen LogP contribution is -2.42. The highest BCUT2D eigenvalue weighted by molar-refractivity contribution is 7.19. The van der Waals surface area contributed by atoms with E-state index in [1.54, 1.807) is 23.7 Å². The molecule has 3 heterocycles. The first-order valence-electron chi connectivity index (χ1n) is 8.92. The van der Waals surface area contributed by atoms with E-state index in [9.17, 15) is 4.79 Å². The molecule has 0 spiro atoms. The normalized spacial score (nSPS) is 16.7. The van der Waals surface area contributed by atoms with Crippen LogP contribution < -0.4 is 10.6 Å². The Kier molecular flexibility index (Phi) is 4.10. The lowest BCUT2D eigenvalue weighted by Gasteiger charge is -2.29. The molecule has 5 nitrogen and oxygen atoms in total. The van der Waals surface area contributed by atoms with Crippen molar-refractivity contribution in [2.75, 3.05) is 0 Å². The minimum atomic E-state index is -0.293. The first-order valence-corrected chi connectivity index (χ1v) is 9.74. The lowest BCUT2D eigenvalue weighted by atomic mass is 9.93. The van der Waals surface area contributed by atoms with Crippen molar-refractivity contribution in [2.24, 2.45) is 0 Å². The van der Waals surface area contributed by atoms with Gasteiger partial charge in [-0.3, -0.25) is 4.98 Å². The number of urea groups is 1. The van der Waals surface area contributed by atoms with Gasteiger partial charge in [-0.2, -0.15) is 0 Å². The van der Waals surface area contributed by atoms with Crippen molar-refractivity contribution in [3.05, 3.63) is 95.3 Å². The van der Waals surface area contributed by atoms with Gasteiger partial charge in [-0.25, -0.2) is 9.78 Å². The third-order valence-electron chi connectivity index (χ3n) is 4.70. The maximum atomic E-state index is 12.5. The first-order chi connectivity index (χ1) is 13.8. The van der Waals surface area contributed by atoms with Gasteiger partial charge in [0, 0.05) is 23.5 Å². The third-order valence-corrected chi connectivity index (χ3v) is 5.77. The van der Waals surface area contributed by atoms with Crippen molar-refractivity contribution < 1.29 is 4.79 Å². The van der Waals surface area contributed by atoms with Crippen molar-refractivity contribution in [2.45, 2.75) is 6.04 Å². The van der Waals surface area contributed by atoms with E-state index in [0.29, 0.717) is 0 Å². The van der Waals surface area contributed by atoms with Crippen molar-refractivity contribution in [3.8, 4) is 0 Å². The summed E-state index contributed by atoms with van der Waals surface area (Å²) in [5.41, 5.74) is 4.59. The summed E-state index contributed by atoms with van der Waals surface area (Å²) >= 11 is 1.63. The zero-order valence-corrected chi connectivity index (χ0v) is 15.6. The fraction of sp³-hybridized carbons (Fsp3) is 0.0455. The molecule has 1 unspecified atom stereocenters. The molecule has 0 fully saturated rings. The molecule has 0 saturated carbocycles. The molecule has 0 bridgehead atoms. The number of rotatable bonds is 3. The van der Waals surface area contributed by atoms with Crippen LogP contribution in [0.2, 0.25) is 0 Å². The van der Waals surface area contributed by atoms with E-state index < -0.39 is 0 Å². The Morgan fingerprint density at radius 3 is 2.43 bits per heavy atom. The number of para-hydroxylation sites is 1. The Balaban J connectivity index is 1.78. The zero-order chi connectivity index (χ0) is 18.9. The van der Waals surface area contributed by atoms with Gasteiger partial charge in [-0.15, -0.1) is 11.3 Å². The topological polar surface area (TPSA) is 66.9 Å². The molecule has 2 N–H and O–H groups in total. The molecule has 136 valence electrons. The van der Waals surface area contributed by atoms with E-state index in [4.69, 9.17) is 4.98 Å². The number of hydrogen-bond acceptors (Lipinski definition) is 4. The summed E-state index contributed by atoms with van der Waals surface area (Å²) in [5, 5.41) is 6.95. The molecule has 2 aromatic heterocycles. The molecule has 6 heteroatoms. The number of nitrogens with one attached hydrogen (secondary N) is 2. The van der Waals surface area contributed by atoms with Gasteiger partial charge in [-0.05, 0) is 29.8 Å². The highest BCUT2D eigenvalue weighted by Gasteiger charge is 2.31. The van der Waals surface area contributed by atoms with Crippen LogP contribution in [0.4, 0.5) is 4.79 Å². The molecule has 2 aromatic carbocycles. The number of hydrogen-bond donors (Lipinski definition) is 2. The number of carbonyl (C=O) groups is 1. The Morgan fingerprint density at radius 1 is 0.893 bits per heavy atom. The van der Waals surface area contributed by atoms with Crippen LogP contribution in [-0.4, -0.2) is 16.0 Å². The van der Waals surface area contributed by atoms with Crippen molar-refractivity contribution >= 4 is 38.9 Å². The van der Waals surface area contributed by atoms with Crippen molar-refractivity contribution in [1.82, 2.24) is 20.6 Å². The highest BCUT2D eigenvalue weighted by atomic mass is 32.1. The lowest BCUT2D eigenvalue weighted by molar-refractivity contribution is 0.242. The molecule has 1 aliphatic rings. The Labute approximate surface area is 165 Å². The summed E-state index contributed by atoms with van der Waals surface area (Å²) in [4.78, 5) is 21.5. The van der Waals surface area contributed by atoms with Crippen LogP contribution in [0, 0.1) is 0 Å². The molecule has 2 amide bonds. The van der Waals surface area contributed by atoms with Crippen LogP contribution in [0.3, 0.4) is 0 Å². The summed E-state index contributed by atoms with van der Waals surface area (Å²) in [6, 6.07) is 21.3. The van der Waals surface area contributed by atoms with Crippen LogP contribution in [0.5, 0.6) is 0 Å². The van der Waals surface area contributed by atoms with Crippen molar-refractivity contribution in [1.29, 1.82) is 0 Å². The summed E-state index contributed by atoms with van der Waals surface area (Å²) in [5.74, 6) is 0. The van der Waals surface area contributed by atoms with Crippen molar-refractivity contribution in [3.63, 3.8) is 0 Å². The van der Waals surface area contributed by atoms with Gasteiger partial charge in [0.05, 0.1) is 22.0 Å². The Morgan fingerprint density at radius 2 is 1.64 bits per heavy atom. The quantitative estimate of drug-likeness (QED) is 0.542. The van der Waals surface area contributed by atoms with E-state index in [1.807, 2.05) is 60.7 Å². The predicted octanol–water partition coefficient (Wildman–Crippen LogP) is 4.61. The fourth-order valence-electron chi connectivity index (χ4n) is 3.42. The SMILES string of the molecule is O=C1NC(c2ccncc2)=C(c2nc3ccccc3s2)C(c2ccccc2)N1. The monoisotopic (exact) mass is 384 g/mol. The maximum Gasteiger partial charge on any atom is 0.320 e. The fourth-order valence-corrected chi connectivity index (χ4v) is 4.47. The second-order valence-corrected chi connectivity index (χ2v) is 7.48. The molecule has 28 heavy (non-hydrogen) atoms. The molecule has 4 aromatic rings. The second kappa shape index (κ2) is 6.90. The van der Waals surface area contributed by atoms with Crippen LogP contribution in [0.15, 0.2) is 79.1 Å². The van der Waals surface area contributed by atoms with Crippen LogP contribution >= 0.6 is 11.3 Å².